The molecular weight excluding hydrogens is 819 g/mol. The average molecular weight is 862 g/mol. The number of nitrogens with zero attached hydrogens (tertiary/aromatic N) is 3. The number of fused-ring (bicyclic) bond motifs is 4. The van der Waals surface area contributed by atoms with Gasteiger partial charge in [0, 0.05) is 37.4 Å². The van der Waals surface area contributed by atoms with Crippen LogP contribution in [0.3, 0.4) is 0 Å². The van der Waals surface area contributed by atoms with Gasteiger partial charge in [-0.25, -0.2) is 0 Å². The summed E-state index contributed by atoms with van der Waals surface area (Å²) in [7, 11) is -1.23. The molecule has 8 rings (SSSR count). The Morgan fingerprint density at radius 2 is 1.39 bits per heavy atom. The summed E-state index contributed by atoms with van der Waals surface area (Å²) in [5, 5.41) is 3.59. The van der Waals surface area contributed by atoms with Crippen molar-refractivity contribution >= 4 is 46.2 Å². The molecule has 0 saturated heterocycles. The van der Waals surface area contributed by atoms with Crippen molar-refractivity contribution in [2.45, 2.75) is 59.2 Å². The van der Waals surface area contributed by atoms with E-state index in [1.165, 1.54) is 22.0 Å². The van der Waals surface area contributed by atoms with Crippen LogP contribution in [0.25, 0.3) is 61.3 Å². The van der Waals surface area contributed by atoms with E-state index in [1.807, 2.05) is 48.7 Å². The summed E-state index contributed by atoms with van der Waals surface area (Å²) in [6.45, 7) is 16.0. The molecule has 0 spiro atoms. The van der Waals surface area contributed by atoms with Gasteiger partial charge in [-0.2, -0.15) is 0 Å². The number of para-hydroxylation sites is 4. The molecule has 0 unspecified atom stereocenters. The van der Waals surface area contributed by atoms with Crippen LogP contribution < -0.4 is 5.19 Å². The third kappa shape index (κ3) is 7.27. The summed E-state index contributed by atoms with van der Waals surface area (Å²) in [6, 6.07) is 46.3. The minimum atomic E-state index is -1.23. The SMILES string of the molecule is CC(C)c1cccc(C(C)C)c1-n1c(-c2[c-]cc3oc4ccccc4c3c2)nc2ccccc21.C[Si](C)(C)c1ccc(-c2[c-]cccc2)nc1.[Ir]. The molecule has 0 amide bonds. The summed E-state index contributed by atoms with van der Waals surface area (Å²) in [6.07, 6.45) is 2.02. The molecule has 4 nitrogen and oxygen atoms in total. The fraction of sp³-hybridized carbons (Fsp3) is 0.200. The van der Waals surface area contributed by atoms with Gasteiger partial charge in [0.15, 0.2) is 0 Å². The molecule has 3 heterocycles. The summed E-state index contributed by atoms with van der Waals surface area (Å²) >= 11 is 0. The number of aromatic nitrogens is 3. The van der Waals surface area contributed by atoms with Gasteiger partial charge < -0.3 is 14.0 Å². The maximum atomic E-state index is 6.06. The van der Waals surface area contributed by atoms with Gasteiger partial charge in [-0.1, -0.05) is 113 Å². The Labute approximate surface area is 316 Å². The maximum absolute atomic E-state index is 6.06. The predicted molar refractivity (Wildman–Crippen MR) is 212 cm³/mol. The first-order chi connectivity index (χ1) is 24.1. The van der Waals surface area contributed by atoms with Gasteiger partial charge in [-0.05, 0) is 52.0 Å². The van der Waals surface area contributed by atoms with Crippen LogP contribution in [0.2, 0.25) is 19.6 Å². The summed E-state index contributed by atoms with van der Waals surface area (Å²) in [5.74, 6) is 1.67. The van der Waals surface area contributed by atoms with E-state index in [0.717, 1.165) is 55.6 Å². The van der Waals surface area contributed by atoms with Gasteiger partial charge in [0.1, 0.15) is 5.58 Å². The molecule has 3 aromatic heterocycles. The topological polar surface area (TPSA) is 43.9 Å². The Morgan fingerprint density at radius 3 is 2.06 bits per heavy atom. The van der Waals surface area contributed by atoms with Crippen LogP contribution >= 0.6 is 0 Å². The van der Waals surface area contributed by atoms with Crippen molar-refractivity contribution in [2.75, 3.05) is 0 Å². The van der Waals surface area contributed by atoms with Gasteiger partial charge >= 0.3 is 0 Å². The smallest absolute Gasteiger partial charge is 0.120 e. The van der Waals surface area contributed by atoms with E-state index >= 15 is 0 Å². The normalized spacial score (nSPS) is 11.6. The molecule has 6 heteroatoms. The second-order valence-corrected chi connectivity index (χ2v) is 19.6. The third-order valence-corrected chi connectivity index (χ3v) is 11.3. The fourth-order valence-electron chi connectivity index (χ4n) is 6.55. The zero-order valence-corrected chi connectivity index (χ0v) is 33.7. The quantitative estimate of drug-likeness (QED) is 0.124. The Balaban J connectivity index is 0.000000222. The molecule has 259 valence electrons. The largest absolute Gasteiger partial charge is 0.500 e. The molecule has 0 bridgehead atoms. The van der Waals surface area contributed by atoms with Crippen molar-refractivity contribution in [3.63, 3.8) is 0 Å². The molecule has 51 heavy (non-hydrogen) atoms. The van der Waals surface area contributed by atoms with Crippen LogP contribution in [0.15, 0.2) is 126 Å². The second kappa shape index (κ2) is 14.9. The number of benzene rings is 5. The van der Waals surface area contributed by atoms with E-state index in [9.17, 15) is 0 Å². The van der Waals surface area contributed by atoms with Crippen LogP contribution in [-0.4, -0.2) is 22.6 Å². The van der Waals surface area contributed by atoms with E-state index in [0.29, 0.717) is 11.8 Å². The molecule has 1 radical (unpaired) electrons. The number of furan rings is 1. The van der Waals surface area contributed by atoms with Crippen molar-refractivity contribution in [3.8, 4) is 28.3 Å². The van der Waals surface area contributed by atoms with Gasteiger partial charge in [-0.15, -0.1) is 59.7 Å². The number of rotatable bonds is 6. The van der Waals surface area contributed by atoms with Gasteiger partial charge in [0.05, 0.1) is 30.5 Å². The number of imidazole rings is 1. The number of pyridine rings is 1. The molecule has 0 fully saturated rings. The van der Waals surface area contributed by atoms with Gasteiger partial charge in [-0.3, -0.25) is 4.98 Å². The standard InChI is InChI=1S/C31H27N2O.C14H16NSi.Ir/c1-19(2)22-11-9-12-23(20(3)4)30(22)33-27-14-7-6-13-26(27)32-31(33)21-16-17-29-25(18-21)24-10-5-8-15-28(24)34-29;1-16(2,3)13-9-10-14(15-11-13)12-7-5-4-6-8-12;/h5-15,17-20H,1-4H3;4-7,9-11H,1-3H3;/q2*-1;. The van der Waals surface area contributed by atoms with Crippen molar-refractivity contribution in [1.29, 1.82) is 0 Å². The van der Waals surface area contributed by atoms with E-state index in [-0.39, 0.29) is 20.1 Å². The minimum absolute atomic E-state index is 0. The Bertz CT molecular complexity index is 2390. The van der Waals surface area contributed by atoms with Crippen molar-refractivity contribution in [1.82, 2.24) is 14.5 Å². The van der Waals surface area contributed by atoms with Crippen molar-refractivity contribution in [3.05, 3.63) is 145 Å². The fourth-order valence-corrected chi connectivity index (χ4v) is 7.59. The molecule has 0 aliphatic heterocycles. The van der Waals surface area contributed by atoms with E-state index in [4.69, 9.17) is 9.40 Å². The predicted octanol–water partition coefficient (Wildman–Crippen LogP) is 11.7. The Hall–Kier alpha value is -4.61. The molecule has 0 atom stereocenters. The van der Waals surface area contributed by atoms with Crippen LogP contribution in [0.1, 0.15) is 50.7 Å². The summed E-state index contributed by atoms with van der Waals surface area (Å²) in [4.78, 5) is 9.65. The summed E-state index contributed by atoms with van der Waals surface area (Å²) in [5.41, 5.74) is 10.7. The molecule has 0 N–H and O–H groups in total. The number of hydrogen-bond donors (Lipinski definition) is 0. The second-order valence-electron chi connectivity index (χ2n) is 14.5. The molecule has 8 aromatic rings. The van der Waals surface area contributed by atoms with Crippen LogP contribution in [0.4, 0.5) is 0 Å². The minimum Gasteiger partial charge on any atom is -0.500 e. The molecule has 0 saturated carbocycles. The third-order valence-electron chi connectivity index (χ3n) is 9.29. The van der Waals surface area contributed by atoms with Gasteiger partial charge in [0.2, 0.25) is 0 Å². The first-order valence-electron chi connectivity index (χ1n) is 17.5. The summed E-state index contributed by atoms with van der Waals surface area (Å²) < 4.78 is 8.41. The van der Waals surface area contributed by atoms with Crippen LogP contribution in [0.5, 0.6) is 0 Å². The van der Waals surface area contributed by atoms with Crippen molar-refractivity contribution in [2.24, 2.45) is 0 Å². The Kier molecular flexibility index (Phi) is 10.6. The van der Waals surface area contributed by atoms with E-state index in [2.05, 4.69) is 142 Å². The molecule has 5 aromatic carbocycles. The average Bonchev–Trinajstić information content (AvgIpc) is 3.70. The zero-order chi connectivity index (χ0) is 35.0. The van der Waals surface area contributed by atoms with Crippen molar-refractivity contribution < 1.29 is 24.5 Å². The monoisotopic (exact) mass is 862 g/mol. The van der Waals surface area contributed by atoms with Crippen LogP contribution in [0, 0.1) is 12.1 Å². The van der Waals surface area contributed by atoms with Gasteiger partial charge in [0.25, 0.3) is 0 Å². The zero-order valence-electron chi connectivity index (χ0n) is 30.3. The molecule has 0 aliphatic carbocycles. The van der Waals surface area contributed by atoms with Crippen LogP contribution in [-0.2, 0) is 20.1 Å². The molecular formula is C45H43IrN3OSi-2. The van der Waals surface area contributed by atoms with E-state index in [1.54, 1.807) is 0 Å². The number of hydrogen-bond acceptors (Lipinski definition) is 3. The Morgan fingerprint density at radius 1 is 0.686 bits per heavy atom. The molecule has 0 aliphatic rings. The first-order valence-corrected chi connectivity index (χ1v) is 21.0. The maximum Gasteiger partial charge on any atom is 0.120 e. The van der Waals surface area contributed by atoms with E-state index < -0.39 is 8.07 Å². The first kappa shape index (κ1) is 36.2.